The fourth-order valence-electron chi connectivity index (χ4n) is 1.41. The Hall–Kier alpha value is -0.800. The Labute approximate surface area is 133 Å². The highest BCUT2D eigenvalue weighted by Crippen LogP contribution is 2.24. The van der Waals surface area contributed by atoms with Gasteiger partial charge in [0.05, 0.1) is 4.90 Å². The van der Waals surface area contributed by atoms with Crippen LogP contribution in [0, 0.1) is 3.57 Å². The average Bonchev–Trinajstić information content (AvgIpc) is 2.35. The summed E-state index contributed by atoms with van der Waals surface area (Å²) in [4.78, 5) is 0.159. The number of anilines is 2. The fraction of sp³-hybridized carbons (Fsp3) is 0. The van der Waals surface area contributed by atoms with Crippen LogP contribution in [0.1, 0.15) is 0 Å². The van der Waals surface area contributed by atoms with Crippen LogP contribution in [0.2, 0.25) is 0 Å². The second-order valence-corrected chi connectivity index (χ2v) is 7.58. The van der Waals surface area contributed by atoms with E-state index >= 15 is 0 Å². The molecule has 0 bridgehead atoms. The molecule has 0 aliphatic heterocycles. The van der Waals surface area contributed by atoms with Crippen LogP contribution in [0.15, 0.2) is 51.8 Å². The minimum atomic E-state index is -3.60. The van der Waals surface area contributed by atoms with Crippen molar-refractivity contribution in [3.05, 3.63) is 50.5 Å². The lowest BCUT2D eigenvalue weighted by Gasteiger charge is -2.09. The van der Waals surface area contributed by atoms with E-state index in [-0.39, 0.29) is 4.90 Å². The van der Waals surface area contributed by atoms with Crippen molar-refractivity contribution in [2.75, 3.05) is 10.5 Å². The number of nitrogens with one attached hydrogen (secondary N) is 1. The van der Waals surface area contributed by atoms with Crippen LogP contribution in [-0.4, -0.2) is 8.42 Å². The zero-order chi connectivity index (χ0) is 14.0. The van der Waals surface area contributed by atoms with Crippen LogP contribution in [0.4, 0.5) is 11.4 Å². The van der Waals surface area contributed by atoms with E-state index in [2.05, 4.69) is 43.2 Å². The van der Waals surface area contributed by atoms with Crippen LogP contribution in [0.5, 0.6) is 0 Å². The number of nitrogens with two attached hydrogens (primary N) is 1. The lowest BCUT2D eigenvalue weighted by molar-refractivity contribution is 0.601. The van der Waals surface area contributed by atoms with E-state index in [0.29, 0.717) is 15.8 Å². The van der Waals surface area contributed by atoms with Gasteiger partial charge in [0.2, 0.25) is 0 Å². The molecule has 0 unspecified atom stereocenters. The Morgan fingerprint density at radius 2 is 1.74 bits per heavy atom. The molecule has 4 nitrogen and oxygen atoms in total. The SMILES string of the molecule is Nc1ccc(S(=O)(=O)Nc2ccc(I)cc2)cc1Br. The van der Waals surface area contributed by atoms with Gasteiger partial charge < -0.3 is 5.73 Å². The summed E-state index contributed by atoms with van der Waals surface area (Å²) in [5.74, 6) is 0. The molecule has 0 saturated carbocycles. The maximum absolute atomic E-state index is 12.2. The lowest BCUT2D eigenvalue weighted by atomic mass is 10.3. The van der Waals surface area contributed by atoms with Gasteiger partial charge in [0, 0.05) is 19.4 Å². The zero-order valence-electron chi connectivity index (χ0n) is 9.60. The van der Waals surface area contributed by atoms with Gasteiger partial charge in [-0.2, -0.15) is 0 Å². The molecule has 0 aliphatic carbocycles. The van der Waals surface area contributed by atoms with Crippen LogP contribution in [-0.2, 0) is 10.0 Å². The number of sulfonamides is 1. The van der Waals surface area contributed by atoms with Crippen molar-refractivity contribution in [3.8, 4) is 0 Å². The first-order valence-corrected chi connectivity index (χ1v) is 8.57. The van der Waals surface area contributed by atoms with E-state index in [0.717, 1.165) is 3.57 Å². The minimum absolute atomic E-state index is 0.159. The Morgan fingerprint density at radius 1 is 1.11 bits per heavy atom. The quantitative estimate of drug-likeness (QED) is 0.553. The first kappa shape index (κ1) is 14.6. The molecule has 2 aromatic carbocycles. The molecule has 0 heterocycles. The molecule has 3 N–H and O–H groups in total. The molecule has 0 fully saturated rings. The summed E-state index contributed by atoms with van der Waals surface area (Å²) in [6.45, 7) is 0. The van der Waals surface area contributed by atoms with Crippen LogP contribution in [0.25, 0.3) is 0 Å². The van der Waals surface area contributed by atoms with Crippen molar-refractivity contribution in [1.29, 1.82) is 0 Å². The summed E-state index contributed by atoms with van der Waals surface area (Å²) in [6, 6.07) is 11.6. The van der Waals surface area contributed by atoms with Crippen molar-refractivity contribution in [2.24, 2.45) is 0 Å². The van der Waals surface area contributed by atoms with Gasteiger partial charge >= 0.3 is 0 Å². The molecular formula is C12H10BrIN2O2S. The van der Waals surface area contributed by atoms with Crippen LogP contribution >= 0.6 is 38.5 Å². The van der Waals surface area contributed by atoms with Gasteiger partial charge in [-0.25, -0.2) is 8.42 Å². The normalized spacial score (nSPS) is 11.3. The van der Waals surface area contributed by atoms with Crippen molar-refractivity contribution in [3.63, 3.8) is 0 Å². The highest BCUT2D eigenvalue weighted by molar-refractivity contribution is 14.1. The highest BCUT2D eigenvalue weighted by atomic mass is 127. The smallest absolute Gasteiger partial charge is 0.261 e. The molecular weight excluding hydrogens is 443 g/mol. The lowest BCUT2D eigenvalue weighted by Crippen LogP contribution is -2.13. The second-order valence-electron chi connectivity index (χ2n) is 3.80. The van der Waals surface area contributed by atoms with Gasteiger partial charge in [-0.15, -0.1) is 0 Å². The molecule has 2 aromatic rings. The summed E-state index contributed by atoms with van der Waals surface area (Å²) in [5.41, 5.74) is 6.65. The zero-order valence-corrected chi connectivity index (χ0v) is 14.2. The Kier molecular flexibility index (Phi) is 4.36. The summed E-state index contributed by atoms with van der Waals surface area (Å²) in [5, 5.41) is 0. The van der Waals surface area contributed by atoms with Gasteiger partial charge in [0.25, 0.3) is 10.0 Å². The number of rotatable bonds is 3. The van der Waals surface area contributed by atoms with Gasteiger partial charge in [0.15, 0.2) is 0 Å². The predicted molar refractivity (Wildman–Crippen MR) is 88.5 cm³/mol. The van der Waals surface area contributed by atoms with Crippen molar-refractivity contribution in [1.82, 2.24) is 0 Å². The van der Waals surface area contributed by atoms with Crippen molar-refractivity contribution >= 4 is 59.9 Å². The number of nitrogen functional groups attached to an aromatic ring is 1. The third-order valence-electron chi connectivity index (χ3n) is 2.38. The topological polar surface area (TPSA) is 72.2 Å². The summed E-state index contributed by atoms with van der Waals surface area (Å²) in [6.07, 6.45) is 0. The molecule has 0 saturated heterocycles. The summed E-state index contributed by atoms with van der Waals surface area (Å²) < 4.78 is 28.5. The largest absolute Gasteiger partial charge is 0.398 e. The molecule has 0 aliphatic rings. The molecule has 0 amide bonds. The molecule has 19 heavy (non-hydrogen) atoms. The van der Waals surface area contributed by atoms with E-state index in [4.69, 9.17) is 5.73 Å². The molecule has 0 aromatic heterocycles. The first-order chi connectivity index (χ1) is 8.88. The predicted octanol–water partition coefficient (Wildman–Crippen LogP) is 3.44. The van der Waals surface area contributed by atoms with E-state index in [1.807, 2.05) is 12.1 Å². The van der Waals surface area contributed by atoms with E-state index < -0.39 is 10.0 Å². The number of benzene rings is 2. The molecule has 0 atom stereocenters. The Bertz CT molecular complexity index is 702. The van der Waals surface area contributed by atoms with E-state index in [9.17, 15) is 8.42 Å². The monoisotopic (exact) mass is 452 g/mol. The molecule has 100 valence electrons. The Balaban J connectivity index is 2.32. The average molecular weight is 453 g/mol. The second kappa shape index (κ2) is 5.68. The van der Waals surface area contributed by atoms with Gasteiger partial charge in [-0.3, -0.25) is 4.72 Å². The maximum atomic E-state index is 12.2. The standard InChI is InChI=1S/C12H10BrIN2O2S/c13-11-7-10(5-6-12(11)15)19(17,18)16-9-3-1-8(14)2-4-9/h1-7,16H,15H2. The highest BCUT2D eigenvalue weighted by Gasteiger charge is 2.15. The minimum Gasteiger partial charge on any atom is -0.398 e. The van der Waals surface area contributed by atoms with Gasteiger partial charge in [0.1, 0.15) is 0 Å². The number of halogens is 2. The molecule has 7 heteroatoms. The van der Waals surface area contributed by atoms with Gasteiger partial charge in [-0.1, -0.05) is 0 Å². The number of hydrogen-bond donors (Lipinski definition) is 2. The van der Waals surface area contributed by atoms with Crippen LogP contribution < -0.4 is 10.5 Å². The van der Waals surface area contributed by atoms with E-state index in [1.165, 1.54) is 12.1 Å². The molecule has 2 rings (SSSR count). The third kappa shape index (κ3) is 3.61. The molecule has 0 spiro atoms. The summed E-state index contributed by atoms with van der Waals surface area (Å²) >= 11 is 5.37. The number of hydrogen-bond acceptors (Lipinski definition) is 3. The maximum Gasteiger partial charge on any atom is 0.261 e. The first-order valence-electron chi connectivity index (χ1n) is 5.22. The van der Waals surface area contributed by atoms with E-state index in [1.54, 1.807) is 18.2 Å². The van der Waals surface area contributed by atoms with Gasteiger partial charge in [-0.05, 0) is 81.0 Å². The van der Waals surface area contributed by atoms with Crippen molar-refractivity contribution in [2.45, 2.75) is 4.90 Å². The molecule has 0 radical (unpaired) electrons. The Morgan fingerprint density at radius 3 is 2.32 bits per heavy atom. The van der Waals surface area contributed by atoms with Crippen molar-refractivity contribution < 1.29 is 8.42 Å². The van der Waals surface area contributed by atoms with Crippen LogP contribution in [0.3, 0.4) is 0 Å². The fourth-order valence-corrected chi connectivity index (χ4v) is 3.38. The third-order valence-corrected chi connectivity index (χ3v) is 5.16. The summed E-state index contributed by atoms with van der Waals surface area (Å²) in [7, 11) is -3.60.